The maximum Gasteiger partial charge on any atom is 0.272 e. The van der Waals surface area contributed by atoms with Crippen LogP contribution in [0.4, 0.5) is 5.69 Å². The second kappa shape index (κ2) is 6.29. The minimum absolute atomic E-state index is 0.0232. The molecule has 0 saturated carbocycles. The number of H-pyrrole nitrogens is 1. The number of nitrogens with zero attached hydrogens (tertiary/aromatic N) is 3. The zero-order valence-electron chi connectivity index (χ0n) is 14.4. The second-order valence-electron chi connectivity index (χ2n) is 6.80. The van der Waals surface area contributed by atoms with Gasteiger partial charge < -0.3 is 14.6 Å². The minimum Gasteiger partial charge on any atom is -0.374 e. The lowest BCUT2D eigenvalue weighted by molar-refractivity contribution is -0.384. The highest BCUT2D eigenvalue weighted by atomic mass is 16.6. The molecule has 1 aromatic heterocycles. The van der Waals surface area contributed by atoms with Crippen molar-refractivity contribution < 1.29 is 14.5 Å². The summed E-state index contributed by atoms with van der Waals surface area (Å²) in [6, 6.07) is 6.13. The molecule has 1 aromatic carbocycles. The average molecular weight is 344 g/mol. The predicted octanol–water partition coefficient (Wildman–Crippen LogP) is 2.62. The maximum absolute atomic E-state index is 12.9. The minimum atomic E-state index is -0.462. The summed E-state index contributed by atoms with van der Waals surface area (Å²) in [5.74, 6) is 0.260. The molecule has 8 heteroatoms. The van der Waals surface area contributed by atoms with Crippen LogP contribution in [0.2, 0.25) is 0 Å². The van der Waals surface area contributed by atoms with Crippen LogP contribution in [-0.2, 0) is 4.74 Å². The van der Waals surface area contributed by atoms with Gasteiger partial charge in [0.05, 0.1) is 29.4 Å². The van der Waals surface area contributed by atoms with E-state index in [4.69, 9.17) is 4.74 Å². The number of hydrogen-bond donors (Lipinski definition) is 1. The number of benzene rings is 1. The van der Waals surface area contributed by atoms with Crippen LogP contribution < -0.4 is 0 Å². The molecule has 2 aromatic rings. The summed E-state index contributed by atoms with van der Waals surface area (Å²) >= 11 is 0. The van der Waals surface area contributed by atoms with Crippen LogP contribution in [0.25, 0.3) is 11.4 Å². The number of ether oxygens (including phenoxy) is 1. The third-order valence-corrected chi connectivity index (χ3v) is 4.27. The van der Waals surface area contributed by atoms with E-state index in [9.17, 15) is 14.9 Å². The van der Waals surface area contributed by atoms with Crippen LogP contribution >= 0.6 is 0 Å². The number of nitro groups is 1. The van der Waals surface area contributed by atoms with Gasteiger partial charge >= 0.3 is 0 Å². The number of non-ortho nitro benzene ring substituents is 1. The molecule has 0 radical (unpaired) electrons. The predicted molar refractivity (Wildman–Crippen MR) is 91.2 cm³/mol. The number of morpholine rings is 1. The van der Waals surface area contributed by atoms with E-state index in [0.717, 1.165) is 0 Å². The van der Waals surface area contributed by atoms with Gasteiger partial charge in [-0.2, -0.15) is 0 Å². The Hall–Kier alpha value is -2.74. The zero-order valence-corrected chi connectivity index (χ0v) is 14.4. The summed E-state index contributed by atoms with van der Waals surface area (Å²) in [5, 5.41) is 10.9. The molecule has 1 aliphatic heterocycles. The van der Waals surface area contributed by atoms with Crippen molar-refractivity contribution in [2.75, 3.05) is 13.2 Å². The van der Waals surface area contributed by atoms with E-state index in [2.05, 4.69) is 9.97 Å². The normalized spacial score (nSPS) is 19.6. The van der Waals surface area contributed by atoms with Crippen molar-refractivity contribution in [2.24, 2.45) is 0 Å². The van der Waals surface area contributed by atoms with Gasteiger partial charge in [0.15, 0.2) is 0 Å². The monoisotopic (exact) mass is 344 g/mol. The number of imidazole rings is 1. The lowest BCUT2D eigenvalue weighted by atomic mass is 10.0. The highest BCUT2D eigenvalue weighted by molar-refractivity contribution is 5.93. The third-order valence-electron chi connectivity index (χ3n) is 4.27. The Morgan fingerprint density at radius 1 is 1.48 bits per heavy atom. The van der Waals surface area contributed by atoms with Crippen LogP contribution in [0.15, 0.2) is 30.5 Å². The summed E-state index contributed by atoms with van der Waals surface area (Å²) in [7, 11) is 0. The Balaban J connectivity index is 1.87. The molecule has 0 bridgehead atoms. The molecule has 1 fully saturated rings. The summed E-state index contributed by atoms with van der Waals surface area (Å²) in [4.78, 5) is 32.3. The number of nitrogens with one attached hydrogen (secondary N) is 1. The molecular formula is C17H20N4O4. The maximum atomic E-state index is 12.9. The van der Waals surface area contributed by atoms with Crippen molar-refractivity contribution in [2.45, 2.75) is 32.4 Å². The third kappa shape index (κ3) is 3.39. The SMILES string of the molecule is C[C@H]1CN(C(=O)c2cnc(-c3cccc([N+](=O)[O-])c3)[nH]2)C(C)(C)CO1. The van der Waals surface area contributed by atoms with Gasteiger partial charge in [0.2, 0.25) is 0 Å². The molecule has 8 nitrogen and oxygen atoms in total. The van der Waals surface area contributed by atoms with Gasteiger partial charge in [0.1, 0.15) is 11.5 Å². The highest BCUT2D eigenvalue weighted by Crippen LogP contribution is 2.25. The van der Waals surface area contributed by atoms with Gasteiger partial charge in [0, 0.05) is 24.2 Å². The largest absolute Gasteiger partial charge is 0.374 e. The van der Waals surface area contributed by atoms with Crippen molar-refractivity contribution in [3.63, 3.8) is 0 Å². The molecule has 0 unspecified atom stereocenters. The van der Waals surface area contributed by atoms with Gasteiger partial charge in [0.25, 0.3) is 11.6 Å². The first-order valence-electron chi connectivity index (χ1n) is 8.01. The molecule has 2 heterocycles. The fraction of sp³-hybridized carbons (Fsp3) is 0.412. The molecule has 0 aliphatic carbocycles. The van der Waals surface area contributed by atoms with E-state index >= 15 is 0 Å². The first-order valence-corrected chi connectivity index (χ1v) is 8.01. The number of aromatic nitrogens is 2. The Morgan fingerprint density at radius 2 is 2.24 bits per heavy atom. The Labute approximate surface area is 145 Å². The van der Waals surface area contributed by atoms with Crippen molar-refractivity contribution >= 4 is 11.6 Å². The molecule has 3 rings (SSSR count). The molecular weight excluding hydrogens is 324 g/mol. The Morgan fingerprint density at radius 3 is 2.96 bits per heavy atom. The van der Waals surface area contributed by atoms with E-state index in [1.165, 1.54) is 18.3 Å². The van der Waals surface area contributed by atoms with Crippen molar-refractivity contribution in [3.8, 4) is 11.4 Å². The highest BCUT2D eigenvalue weighted by Gasteiger charge is 2.37. The molecule has 1 amide bonds. The van der Waals surface area contributed by atoms with Gasteiger partial charge in [-0.1, -0.05) is 12.1 Å². The first-order chi connectivity index (χ1) is 11.8. The fourth-order valence-corrected chi connectivity index (χ4v) is 2.83. The van der Waals surface area contributed by atoms with Crippen molar-refractivity contribution in [1.82, 2.24) is 14.9 Å². The number of nitro benzene ring substituents is 1. The molecule has 1 aliphatic rings. The smallest absolute Gasteiger partial charge is 0.272 e. The van der Waals surface area contributed by atoms with E-state index in [0.29, 0.717) is 30.2 Å². The Bertz CT molecular complexity index is 814. The zero-order chi connectivity index (χ0) is 18.2. The molecule has 25 heavy (non-hydrogen) atoms. The van der Waals surface area contributed by atoms with Crippen LogP contribution in [0, 0.1) is 10.1 Å². The fourth-order valence-electron chi connectivity index (χ4n) is 2.83. The lowest BCUT2D eigenvalue weighted by Gasteiger charge is -2.44. The molecule has 0 spiro atoms. The average Bonchev–Trinajstić information content (AvgIpc) is 3.06. The number of aromatic amines is 1. The number of carbonyl (C=O) groups is 1. The topological polar surface area (TPSA) is 101 Å². The van der Waals surface area contributed by atoms with Crippen LogP contribution in [-0.4, -0.2) is 50.5 Å². The van der Waals surface area contributed by atoms with Crippen molar-refractivity contribution in [3.05, 3.63) is 46.3 Å². The summed E-state index contributed by atoms with van der Waals surface area (Å²) in [6.07, 6.45) is 1.43. The molecule has 1 N–H and O–H groups in total. The van der Waals surface area contributed by atoms with E-state index in [1.54, 1.807) is 17.0 Å². The van der Waals surface area contributed by atoms with Crippen LogP contribution in [0.1, 0.15) is 31.3 Å². The van der Waals surface area contributed by atoms with E-state index < -0.39 is 10.5 Å². The van der Waals surface area contributed by atoms with E-state index in [1.807, 2.05) is 20.8 Å². The van der Waals surface area contributed by atoms with Crippen LogP contribution in [0.3, 0.4) is 0 Å². The Kier molecular flexibility index (Phi) is 4.30. The molecule has 1 atom stereocenters. The molecule has 1 saturated heterocycles. The molecule has 132 valence electrons. The number of carbonyl (C=O) groups excluding carboxylic acids is 1. The van der Waals surface area contributed by atoms with Gasteiger partial charge in [-0.25, -0.2) is 4.98 Å². The van der Waals surface area contributed by atoms with Gasteiger partial charge in [-0.05, 0) is 20.8 Å². The number of hydrogen-bond acceptors (Lipinski definition) is 5. The summed E-state index contributed by atoms with van der Waals surface area (Å²) < 4.78 is 5.64. The number of rotatable bonds is 3. The standard InChI is InChI=1S/C17H20N4O4/c1-11-9-20(17(2,3)10-25-11)16(22)14-8-18-15(19-14)12-5-4-6-13(7-12)21(23)24/h4-8,11H,9-10H2,1-3H3,(H,18,19)/t11-/m0/s1. The first kappa shape index (κ1) is 17.1. The van der Waals surface area contributed by atoms with Crippen LogP contribution in [0.5, 0.6) is 0 Å². The summed E-state index contributed by atoms with van der Waals surface area (Å²) in [6.45, 7) is 6.79. The van der Waals surface area contributed by atoms with Gasteiger partial charge in [-0.3, -0.25) is 14.9 Å². The van der Waals surface area contributed by atoms with Gasteiger partial charge in [-0.15, -0.1) is 0 Å². The number of amides is 1. The summed E-state index contributed by atoms with van der Waals surface area (Å²) in [5.41, 5.74) is 0.469. The lowest BCUT2D eigenvalue weighted by Crippen LogP contribution is -2.57. The second-order valence-corrected chi connectivity index (χ2v) is 6.80. The van der Waals surface area contributed by atoms with E-state index in [-0.39, 0.29) is 17.7 Å². The quantitative estimate of drug-likeness (QED) is 0.681. The van der Waals surface area contributed by atoms with Crippen molar-refractivity contribution in [1.29, 1.82) is 0 Å².